The van der Waals surface area contributed by atoms with Crippen molar-refractivity contribution < 1.29 is 9.53 Å². The third kappa shape index (κ3) is 4.61. The molecule has 0 bridgehead atoms. The van der Waals surface area contributed by atoms with Crippen LogP contribution in [-0.2, 0) is 11.3 Å². The monoisotopic (exact) mass is 305 g/mol. The van der Waals surface area contributed by atoms with Crippen LogP contribution >= 0.6 is 22.9 Å². The number of nitrogens with one attached hydrogen (secondary N) is 1. The quantitative estimate of drug-likeness (QED) is 0.879. The first-order chi connectivity index (χ1) is 9.75. The fourth-order valence-corrected chi connectivity index (χ4v) is 2.25. The van der Waals surface area contributed by atoms with Gasteiger partial charge in [-0.25, -0.2) is 4.79 Å². The molecule has 1 heterocycles. The molecule has 0 aliphatic heterocycles. The number of benzene rings is 1. The van der Waals surface area contributed by atoms with Crippen molar-refractivity contribution in [3.8, 4) is 11.8 Å². The molecule has 1 aromatic heterocycles. The minimum absolute atomic E-state index is 0.222. The maximum Gasteiger partial charge on any atom is 0.408 e. The first-order valence-corrected chi connectivity index (χ1v) is 7.18. The van der Waals surface area contributed by atoms with Crippen LogP contribution in [0.25, 0.3) is 0 Å². The van der Waals surface area contributed by atoms with E-state index >= 15 is 0 Å². The molecular formula is C15H12ClNO2S. The molecule has 0 aliphatic rings. The lowest BCUT2D eigenvalue weighted by molar-refractivity contribution is 0.141. The van der Waals surface area contributed by atoms with E-state index in [4.69, 9.17) is 16.3 Å². The Morgan fingerprint density at radius 2 is 2.10 bits per heavy atom. The molecule has 0 atom stereocenters. The van der Waals surface area contributed by atoms with E-state index in [-0.39, 0.29) is 13.2 Å². The van der Waals surface area contributed by atoms with Crippen LogP contribution in [0.15, 0.2) is 41.8 Å². The summed E-state index contributed by atoms with van der Waals surface area (Å²) in [7, 11) is 0. The predicted octanol–water partition coefficient (Wildman–Crippen LogP) is 3.68. The number of halogens is 1. The van der Waals surface area contributed by atoms with E-state index in [0.717, 1.165) is 11.1 Å². The number of ether oxygens (including phenoxy) is 1. The fourth-order valence-electron chi connectivity index (χ4n) is 1.41. The Balaban J connectivity index is 1.71. The van der Waals surface area contributed by atoms with Gasteiger partial charge in [0.2, 0.25) is 0 Å². The molecule has 1 aromatic carbocycles. The lowest BCUT2D eigenvalue weighted by Gasteiger charge is -2.04. The van der Waals surface area contributed by atoms with E-state index in [9.17, 15) is 4.79 Å². The molecule has 2 rings (SSSR count). The lowest BCUT2D eigenvalue weighted by atomic mass is 10.2. The standard InChI is InChI=1S/C15H12ClNO2S/c16-14-13(8-10-20-14)7-4-9-17-15(18)19-11-12-5-2-1-3-6-12/h1-3,5-6,8,10H,9,11H2,(H,17,18). The Hall–Kier alpha value is -1.96. The molecule has 5 heteroatoms. The van der Waals surface area contributed by atoms with Crippen LogP contribution in [0, 0.1) is 11.8 Å². The zero-order chi connectivity index (χ0) is 14.2. The second kappa shape index (κ2) is 7.59. The normalized spacial score (nSPS) is 9.45. The molecule has 102 valence electrons. The summed E-state index contributed by atoms with van der Waals surface area (Å²) < 4.78 is 5.70. The van der Waals surface area contributed by atoms with E-state index < -0.39 is 6.09 Å². The van der Waals surface area contributed by atoms with E-state index in [1.807, 2.05) is 41.8 Å². The van der Waals surface area contributed by atoms with Crippen LogP contribution in [0.2, 0.25) is 4.34 Å². The predicted molar refractivity (Wildman–Crippen MR) is 80.8 cm³/mol. The molecule has 0 radical (unpaired) electrons. The smallest absolute Gasteiger partial charge is 0.408 e. The molecule has 20 heavy (non-hydrogen) atoms. The van der Waals surface area contributed by atoms with E-state index in [0.29, 0.717) is 4.34 Å². The van der Waals surface area contributed by atoms with Gasteiger partial charge in [-0.3, -0.25) is 0 Å². The summed E-state index contributed by atoms with van der Waals surface area (Å²) in [5.41, 5.74) is 1.72. The highest BCUT2D eigenvalue weighted by atomic mass is 35.5. The summed E-state index contributed by atoms with van der Waals surface area (Å²) in [6.07, 6.45) is -0.487. The van der Waals surface area contributed by atoms with Crippen molar-refractivity contribution in [1.29, 1.82) is 0 Å². The van der Waals surface area contributed by atoms with E-state index in [1.54, 1.807) is 0 Å². The number of thiophene rings is 1. The SMILES string of the molecule is O=C(NCC#Cc1ccsc1Cl)OCc1ccccc1. The second-order valence-corrected chi connectivity index (χ2v) is 5.34. The van der Waals surface area contributed by atoms with Crippen molar-refractivity contribution >= 4 is 29.0 Å². The van der Waals surface area contributed by atoms with Gasteiger partial charge in [-0.05, 0) is 17.0 Å². The van der Waals surface area contributed by atoms with Crippen molar-refractivity contribution in [2.45, 2.75) is 6.61 Å². The zero-order valence-corrected chi connectivity index (χ0v) is 12.1. The molecule has 1 amide bonds. The van der Waals surface area contributed by atoms with Crippen LogP contribution in [0.4, 0.5) is 4.79 Å². The zero-order valence-electron chi connectivity index (χ0n) is 10.6. The summed E-state index contributed by atoms with van der Waals surface area (Å²) in [6.45, 7) is 0.469. The van der Waals surface area contributed by atoms with Crippen molar-refractivity contribution in [1.82, 2.24) is 5.32 Å². The second-order valence-electron chi connectivity index (χ2n) is 3.83. The highest BCUT2D eigenvalue weighted by Crippen LogP contribution is 2.21. The average molecular weight is 306 g/mol. The van der Waals surface area contributed by atoms with Gasteiger partial charge >= 0.3 is 6.09 Å². The first-order valence-electron chi connectivity index (χ1n) is 5.92. The van der Waals surface area contributed by atoms with E-state index in [1.165, 1.54) is 11.3 Å². The number of carbonyl (C=O) groups excluding carboxylic acids is 1. The lowest BCUT2D eigenvalue weighted by Crippen LogP contribution is -2.24. The van der Waals surface area contributed by atoms with E-state index in [2.05, 4.69) is 17.2 Å². The summed E-state index contributed by atoms with van der Waals surface area (Å²) in [4.78, 5) is 11.4. The van der Waals surface area contributed by atoms with Crippen LogP contribution in [0.5, 0.6) is 0 Å². The Kier molecular flexibility index (Phi) is 5.48. The van der Waals surface area contributed by atoms with Gasteiger partial charge in [0.25, 0.3) is 0 Å². The molecular weight excluding hydrogens is 294 g/mol. The van der Waals surface area contributed by atoms with Crippen molar-refractivity contribution in [3.63, 3.8) is 0 Å². The maximum absolute atomic E-state index is 11.4. The number of hydrogen-bond donors (Lipinski definition) is 1. The minimum atomic E-state index is -0.487. The largest absolute Gasteiger partial charge is 0.445 e. The molecule has 2 aromatic rings. The Bertz CT molecular complexity index is 628. The van der Waals surface area contributed by atoms with Gasteiger partial charge in [0, 0.05) is 0 Å². The summed E-state index contributed by atoms with van der Waals surface area (Å²) in [5.74, 6) is 5.70. The van der Waals surface area contributed by atoms with Crippen molar-refractivity contribution in [3.05, 3.63) is 57.2 Å². The third-order valence-corrected chi connectivity index (χ3v) is 3.54. The van der Waals surface area contributed by atoms with Gasteiger partial charge < -0.3 is 10.1 Å². The summed E-state index contributed by atoms with van der Waals surface area (Å²) in [6, 6.07) is 11.3. The summed E-state index contributed by atoms with van der Waals surface area (Å²) >= 11 is 7.33. The van der Waals surface area contributed by atoms with Crippen molar-refractivity contribution in [2.24, 2.45) is 0 Å². The molecule has 0 unspecified atom stereocenters. The molecule has 3 nitrogen and oxygen atoms in total. The minimum Gasteiger partial charge on any atom is -0.445 e. The molecule has 0 fully saturated rings. The van der Waals surface area contributed by atoms with Gasteiger partial charge in [0.15, 0.2) is 0 Å². The van der Waals surface area contributed by atoms with Crippen LogP contribution < -0.4 is 5.32 Å². The van der Waals surface area contributed by atoms with Gasteiger partial charge in [0.1, 0.15) is 10.9 Å². The topological polar surface area (TPSA) is 38.3 Å². The molecule has 0 saturated carbocycles. The third-order valence-electron chi connectivity index (χ3n) is 2.37. The fraction of sp³-hybridized carbons (Fsp3) is 0.133. The number of carbonyl (C=O) groups is 1. The van der Waals surface area contributed by atoms with Crippen LogP contribution in [0.3, 0.4) is 0 Å². The maximum atomic E-state index is 11.4. The number of alkyl carbamates (subject to hydrolysis) is 1. The Morgan fingerprint density at radius 3 is 2.80 bits per heavy atom. The number of hydrogen-bond acceptors (Lipinski definition) is 3. The van der Waals surface area contributed by atoms with Crippen molar-refractivity contribution in [2.75, 3.05) is 6.54 Å². The van der Waals surface area contributed by atoms with Crippen LogP contribution in [-0.4, -0.2) is 12.6 Å². The Morgan fingerprint density at radius 1 is 1.30 bits per heavy atom. The molecule has 0 spiro atoms. The molecule has 0 saturated heterocycles. The number of amides is 1. The summed E-state index contributed by atoms with van der Waals surface area (Å²) in [5, 5.41) is 4.43. The Labute approximate surface area is 126 Å². The average Bonchev–Trinajstić information content (AvgIpc) is 2.88. The first kappa shape index (κ1) is 14.4. The van der Waals surface area contributed by atoms with Gasteiger partial charge in [0.05, 0.1) is 12.1 Å². The highest BCUT2D eigenvalue weighted by Gasteiger charge is 2.00. The van der Waals surface area contributed by atoms with Gasteiger partial charge in [-0.1, -0.05) is 53.8 Å². The number of rotatable bonds is 3. The van der Waals surface area contributed by atoms with Gasteiger partial charge in [-0.2, -0.15) is 0 Å². The van der Waals surface area contributed by atoms with Crippen LogP contribution in [0.1, 0.15) is 11.1 Å². The van der Waals surface area contributed by atoms with Gasteiger partial charge in [-0.15, -0.1) is 11.3 Å². The highest BCUT2D eigenvalue weighted by molar-refractivity contribution is 7.14. The molecule has 1 N–H and O–H groups in total. The molecule has 0 aliphatic carbocycles.